The van der Waals surface area contributed by atoms with Crippen LogP contribution in [0.4, 0.5) is 0 Å². The Bertz CT molecular complexity index is 519. The second-order valence-corrected chi connectivity index (χ2v) is 3.97. The van der Waals surface area contributed by atoms with Crippen LogP contribution in [-0.4, -0.2) is 25.4 Å². The van der Waals surface area contributed by atoms with E-state index in [2.05, 4.69) is 15.0 Å². The molecule has 0 aliphatic rings. The molecule has 2 rings (SSSR count). The molecular formula is C10H13ClN4O. The summed E-state index contributed by atoms with van der Waals surface area (Å²) in [4.78, 5) is 22.1. The second-order valence-electron chi connectivity index (χ2n) is 3.59. The minimum atomic E-state index is -0.190. The van der Waals surface area contributed by atoms with Crippen molar-refractivity contribution in [2.75, 3.05) is 5.88 Å². The average Bonchev–Trinajstić information content (AvgIpc) is 2.70. The molecule has 0 atom stereocenters. The summed E-state index contributed by atoms with van der Waals surface area (Å²) in [6, 6.07) is 0. The lowest BCUT2D eigenvalue weighted by atomic mass is 10.2. The summed E-state index contributed by atoms with van der Waals surface area (Å²) in [6.45, 7) is 0.823. The first kappa shape index (κ1) is 11.1. The molecule has 5 nitrogen and oxygen atoms in total. The standard InChI is InChI=1S/C10H13ClN4O/c11-4-2-1-3-5-15-7-14-8-9(15)12-6-13-10(8)16/h6-7H,1-5H2,(H,12,13,16). The van der Waals surface area contributed by atoms with Gasteiger partial charge in [0.05, 0.1) is 12.7 Å². The Morgan fingerprint density at radius 2 is 2.19 bits per heavy atom. The number of imidazole rings is 1. The minimum Gasteiger partial charge on any atom is -0.315 e. The number of nitrogens with one attached hydrogen (secondary N) is 1. The summed E-state index contributed by atoms with van der Waals surface area (Å²) in [7, 11) is 0. The van der Waals surface area contributed by atoms with E-state index in [1.807, 2.05) is 4.57 Å². The fraction of sp³-hybridized carbons (Fsp3) is 0.500. The number of unbranched alkanes of at least 4 members (excludes halogenated alkanes) is 2. The molecule has 16 heavy (non-hydrogen) atoms. The molecule has 0 amide bonds. The Hall–Kier alpha value is -1.36. The van der Waals surface area contributed by atoms with Crippen LogP contribution in [0.2, 0.25) is 0 Å². The van der Waals surface area contributed by atoms with Crippen LogP contribution in [0.5, 0.6) is 0 Å². The van der Waals surface area contributed by atoms with Crippen molar-refractivity contribution in [1.29, 1.82) is 0 Å². The van der Waals surface area contributed by atoms with Crippen molar-refractivity contribution in [3.8, 4) is 0 Å². The summed E-state index contributed by atoms with van der Waals surface area (Å²) in [5, 5.41) is 0. The molecule has 2 heterocycles. The van der Waals surface area contributed by atoms with E-state index in [9.17, 15) is 4.79 Å². The van der Waals surface area contributed by atoms with E-state index in [0.29, 0.717) is 17.0 Å². The predicted octanol–water partition coefficient (Wildman–Crippen LogP) is 1.53. The maximum Gasteiger partial charge on any atom is 0.278 e. The van der Waals surface area contributed by atoms with Gasteiger partial charge in [-0.05, 0) is 12.8 Å². The van der Waals surface area contributed by atoms with Gasteiger partial charge in [0.1, 0.15) is 0 Å². The number of hydrogen-bond acceptors (Lipinski definition) is 3. The van der Waals surface area contributed by atoms with Crippen molar-refractivity contribution in [2.24, 2.45) is 0 Å². The van der Waals surface area contributed by atoms with Crippen LogP contribution >= 0.6 is 11.6 Å². The highest BCUT2D eigenvalue weighted by Crippen LogP contribution is 2.06. The van der Waals surface area contributed by atoms with Crippen LogP contribution in [0.15, 0.2) is 17.4 Å². The Morgan fingerprint density at radius 1 is 1.31 bits per heavy atom. The fourth-order valence-corrected chi connectivity index (χ4v) is 1.80. The zero-order valence-electron chi connectivity index (χ0n) is 8.82. The normalized spacial score (nSPS) is 11.1. The zero-order chi connectivity index (χ0) is 11.4. The van der Waals surface area contributed by atoms with E-state index in [-0.39, 0.29) is 5.56 Å². The summed E-state index contributed by atoms with van der Waals surface area (Å²) < 4.78 is 1.90. The largest absolute Gasteiger partial charge is 0.315 e. The highest BCUT2D eigenvalue weighted by atomic mass is 35.5. The van der Waals surface area contributed by atoms with E-state index >= 15 is 0 Å². The summed E-state index contributed by atoms with van der Waals surface area (Å²) in [5.74, 6) is 0.697. The van der Waals surface area contributed by atoms with Gasteiger partial charge in [-0.3, -0.25) is 4.79 Å². The Kier molecular flexibility index (Phi) is 3.56. The van der Waals surface area contributed by atoms with Gasteiger partial charge in [0.25, 0.3) is 5.56 Å². The smallest absolute Gasteiger partial charge is 0.278 e. The Morgan fingerprint density at radius 3 is 3.00 bits per heavy atom. The molecule has 0 fully saturated rings. The number of fused-ring (bicyclic) bond motifs is 1. The molecule has 0 saturated carbocycles. The maximum absolute atomic E-state index is 11.4. The van der Waals surface area contributed by atoms with Gasteiger partial charge in [-0.1, -0.05) is 6.42 Å². The van der Waals surface area contributed by atoms with E-state index in [1.165, 1.54) is 6.33 Å². The van der Waals surface area contributed by atoms with Crippen LogP contribution in [0.25, 0.3) is 11.2 Å². The van der Waals surface area contributed by atoms with Gasteiger partial charge in [-0.2, -0.15) is 0 Å². The van der Waals surface area contributed by atoms with Crippen molar-refractivity contribution < 1.29 is 0 Å². The quantitative estimate of drug-likeness (QED) is 0.637. The topological polar surface area (TPSA) is 63.6 Å². The number of halogens is 1. The third-order valence-electron chi connectivity index (χ3n) is 2.44. The first-order chi connectivity index (χ1) is 7.83. The van der Waals surface area contributed by atoms with Gasteiger partial charge >= 0.3 is 0 Å². The van der Waals surface area contributed by atoms with E-state index in [0.717, 1.165) is 25.8 Å². The van der Waals surface area contributed by atoms with Gasteiger partial charge < -0.3 is 9.55 Å². The molecule has 0 aliphatic heterocycles. The Balaban J connectivity index is 2.13. The number of rotatable bonds is 5. The molecule has 2 aromatic rings. The number of aromatic amines is 1. The van der Waals surface area contributed by atoms with E-state index in [4.69, 9.17) is 11.6 Å². The van der Waals surface area contributed by atoms with Crippen LogP contribution < -0.4 is 5.56 Å². The van der Waals surface area contributed by atoms with Crippen molar-refractivity contribution >= 4 is 22.8 Å². The molecule has 0 radical (unpaired) electrons. The number of H-pyrrole nitrogens is 1. The van der Waals surface area contributed by atoms with Crippen molar-refractivity contribution in [1.82, 2.24) is 19.5 Å². The first-order valence-corrected chi connectivity index (χ1v) is 5.81. The van der Waals surface area contributed by atoms with Gasteiger partial charge in [0, 0.05) is 12.4 Å². The summed E-state index contributed by atoms with van der Waals surface area (Å²) in [6.07, 6.45) is 6.18. The van der Waals surface area contributed by atoms with Gasteiger partial charge in [-0.15, -0.1) is 11.6 Å². The van der Waals surface area contributed by atoms with E-state index in [1.54, 1.807) is 6.33 Å². The zero-order valence-corrected chi connectivity index (χ0v) is 9.57. The summed E-state index contributed by atoms with van der Waals surface area (Å²) in [5.41, 5.74) is 0.860. The lowest BCUT2D eigenvalue weighted by molar-refractivity contribution is 0.611. The monoisotopic (exact) mass is 240 g/mol. The average molecular weight is 241 g/mol. The minimum absolute atomic E-state index is 0.190. The van der Waals surface area contributed by atoms with Gasteiger partial charge in [0.15, 0.2) is 11.2 Å². The molecule has 0 aromatic carbocycles. The van der Waals surface area contributed by atoms with Crippen LogP contribution in [0.3, 0.4) is 0 Å². The highest BCUT2D eigenvalue weighted by Gasteiger charge is 2.05. The molecule has 6 heteroatoms. The van der Waals surface area contributed by atoms with Crippen LogP contribution in [-0.2, 0) is 6.54 Å². The van der Waals surface area contributed by atoms with Crippen LogP contribution in [0, 0.1) is 0 Å². The lowest BCUT2D eigenvalue weighted by Crippen LogP contribution is -2.07. The molecular weight excluding hydrogens is 228 g/mol. The number of hydrogen-bond donors (Lipinski definition) is 1. The molecule has 0 bridgehead atoms. The van der Waals surface area contributed by atoms with Crippen molar-refractivity contribution in [2.45, 2.75) is 25.8 Å². The SMILES string of the molecule is O=c1[nH]cnc2c1ncn2CCCCCCl. The van der Waals surface area contributed by atoms with Gasteiger partial charge in [-0.25, -0.2) is 9.97 Å². The third-order valence-corrected chi connectivity index (χ3v) is 2.71. The first-order valence-electron chi connectivity index (χ1n) is 5.27. The lowest BCUT2D eigenvalue weighted by Gasteiger charge is -2.01. The van der Waals surface area contributed by atoms with Gasteiger partial charge in [0.2, 0.25) is 0 Å². The number of aromatic nitrogens is 4. The molecule has 86 valence electrons. The number of nitrogens with zero attached hydrogens (tertiary/aromatic N) is 3. The summed E-state index contributed by atoms with van der Waals surface area (Å²) >= 11 is 5.60. The molecule has 0 saturated heterocycles. The molecule has 0 unspecified atom stereocenters. The fourth-order valence-electron chi connectivity index (χ4n) is 1.61. The predicted molar refractivity (Wildman–Crippen MR) is 62.7 cm³/mol. The number of alkyl halides is 1. The van der Waals surface area contributed by atoms with Crippen molar-refractivity contribution in [3.05, 3.63) is 23.0 Å². The van der Waals surface area contributed by atoms with Crippen LogP contribution in [0.1, 0.15) is 19.3 Å². The molecule has 2 aromatic heterocycles. The molecule has 1 N–H and O–H groups in total. The molecule has 0 spiro atoms. The highest BCUT2D eigenvalue weighted by molar-refractivity contribution is 6.17. The van der Waals surface area contributed by atoms with E-state index < -0.39 is 0 Å². The Labute approximate surface area is 97.5 Å². The maximum atomic E-state index is 11.4. The van der Waals surface area contributed by atoms with Crippen molar-refractivity contribution in [3.63, 3.8) is 0 Å². The third kappa shape index (κ3) is 2.24. The number of aryl methyl sites for hydroxylation is 1. The molecule has 0 aliphatic carbocycles. The second kappa shape index (κ2) is 5.12.